The number of hydrogen-bond acceptors (Lipinski definition) is 0. The molecule has 8 atom stereocenters. The second-order valence-electron chi connectivity index (χ2n) is 10.9. The van der Waals surface area contributed by atoms with Crippen LogP contribution in [0, 0.1) is 11.8 Å². The molecule has 4 saturated carbocycles. The van der Waals surface area contributed by atoms with Crippen molar-refractivity contribution in [2.75, 3.05) is 0 Å². The van der Waals surface area contributed by atoms with Gasteiger partial charge in [-0.1, -0.05) is 98.4 Å². The van der Waals surface area contributed by atoms with Gasteiger partial charge in [0.05, 0.1) is 0 Å². The van der Waals surface area contributed by atoms with Gasteiger partial charge >= 0.3 is 0 Å². The van der Waals surface area contributed by atoms with Gasteiger partial charge < -0.3 is 0 Å². The maximum absolute atomic E-state index is 2.61. The predicted octanol–water partition coefficient (Wildman–Crippen LogP) is 5.56. The molecule has 4 fully saturated rings. The summed E-state index contributed by atoms with van der Waals surface area (Å²) in [5.74, 6) is 8.83. The summed E-state index contributed by atoms with van der Waals surface area (Å²) in [5, 5.41) is 0. The lowest BCUT2D eigenvalue weighted by molar-refractivity contribution is 0.334. The van der Waals surface area contributed by atoms with Gasteiger partial charge in [0.2, 0.25) is 0 Å². The van der Waals surface area contributed by atoms with Gasteiger partial charge in [-0.05, 0) is 37.5 Å². The van der Waals surface area contributed by atoms with Crippen LogP contribution in [0.3, 0.4) is 0 Å². The van der Waals surface area contributed by atoms with E-state index in [-0.39, 0.29) is 0 Å². The van der Waals surface area contributed by atoms with E-state index in [1.165, 1.54) is 38.5 Å². The Morgan fingerprint density at radius 3 is 1.84 bits per heavy atom. The summed E-state index contributed by atoms with van der Waals surface area (Å²) < 4.78 is 0. The molecule has 0 heterocycles. The Kier molecular flexibility index (Phi) is 4.89. The molecular weight excluding hydrogens is 297 g/mol. The third kappa shape index (κ3) is 3.43. The predicted molar refractivity (Wildman–Crippen MR) is 115 cm³/mol. The number of hydrogen-bond donors (Lipinski definition) is 0. The zero-order valence-corrected chi connectivity index (χ0v) is 16.6. The largest absolute Gasteiger partial charge is 0.127 e. The SMILES string of the molecule is CC1CCC1BC1CCC1BC1CCC1BC1CC2=CCCCC1C2. The summed E-state index contributed by atoms with van der Waals surface area (Å²) in [6.45, 7) is 2.50. The zero-order valence-electron chi connectivity index (χ0n) is 16.6. The molecule has 2 bridgehead atoms. The van der Waals surface area contributed by atoms with E-state index in [1.54, 1.807) is 53.9 Å². The molecule has 0 aromatic carbocycles. The lowest BCUT2D eigenvalue weighted by Crippen LogP contribution is -2.37. The Morgan fingerprint density at radius 1 is 0.680 bits per heavy atom. The van der Waals surface area contributed by atoms with E-state index >= 15 is 0 Å². The van der Waals surface area contributed by atoms with Crippen molar-refractivity contribution in [3.05, 3.63) is 11.6 Å². The van der Waals surface area contributed by atoms with Crippen LogP contribution >= 0.6 is 0 Å². The first kappa shape index (κ1) is 17.1. The zero-order chi connectivity index (χ0) is 16.8. The van der Waals surface area contributed by atoms with E-state index < -0.39 is 0 Å². The van der Waals surface area contributed by atoms with E-state index in [0.717, 1.165) is 46.7 Å². The quantitative estimate of drug-likeness (QED) is 0.440. The molecule has 25 heavy (non-hydrogen) atoms. The molecular formula is C22H37B3. The van der Waals surface area contributed by atoms with E-state index in [0.29, 0.717) is 0 Å². The minimum Gasteiger partial charge on any atom is -0.0853 e. The Morgan fingerprint density at radius 2 is 1.28 bits per heavy atom. The molecule has 0 nitrogen and oxygen atoms in total. The Balaban J connectivity index is 1.10. The minimum absolute atomic E-state index is 1.05. The monoisotopic (exact) mass is 334 g/mol. The van der Waals surface area contributed by atoms with E-state index in [1.807, 2.05) is 5.57 Å². The lowest BCUT2D eigenvalue weighted by atomic mass is 9.27. The fourth-order valence-corrected chi connectivity index (χ4v) is 7.33. The molecule has 0 saturated heterocycles. The van der Waals surface area contributed by atoms with Gasteiger partial charge in [-0.15, -0.1) is 0 Å². The van der Waals surface area contributed by atoms with Gasteiger partial charge in [0.1, 0.15) is 21.8 Å². The second-order valence-corrected chi connectivity index (χ2v) is 10.9. The van der Waals surface area contributed by atoms with Crippen LogP contribution in [-0.2, 0) is 0 Å². The number of fused-ring (bicyclic) bond motifs is 2. The summed E-state index contributed by atoms with van der Waals surface area (Å²) in [6, 6.07) is 0. The highest BCUT2D eigenvalue weighted by Gasteiger charge is 2.43. The molecule has 0 aromatic rings. The minimum atomic E-state index is 1.05. The third-order valence-corrected chi connectivity index (χ3v) is 9.69. The van der Waals surface area contributed by atoms with Crippen molar-refractivity contribution >= 4 is 21.8 Å². The molecule has 0 radical (unpaired) electrons. The topological polar surface area (TPSA) is 0 Å². The first-order valence-electron chi connectivity index (χ1n) is 11.9. The fourth-order valence-electron chi connectivity index (χ4n) is 7.33. The van der Waals surface area contributed by atoms with Crippen LogP contribution in [0.15, 0.2) is 11.6 Å². The van der Waals surface area contributed by atoms with Gasteiger partial charge in [-0.25, -0.2) is 0 Å². The van der Waals surface area contributed by atoms with Gasteiger partial charge in [-0.3, -0.25) is 0 Å². The van der Waals surface area contributed by atoms with Crippen LogP contribution in [0.4, 0.5) is 0 Å². The van der Waals surface area contributed by atoms with Crippen molar-refractivity contribution < 1.29 is 0 Å². The number of rotatable bonds is 6. The summed E-state index contributed by atoms with van der Waals surface area (Å²) >= 11 is 0. The normalized spacial score (nSPS) is 48.3. The maximum Gasteiger partial charge on any atom is 0.127 e. The summed E-state index contributed by atoms with van der Waals surface area (Å²) in [4.78, 5) is 0. The number of allylic oxidation sites excluding steroid dienone is 2. The first-order chi connectivity index (χ1) is 12.3. The van der Waals surface area contributed by atoms with Gasteiger partial charge in [0.15, 0.2) is 0 Å². The van der Waals surface area contributed by atoms with Gasteiger partial charge in [-0.2, -0.15) is 0 Å². The van der Waals surface area contributed by atoms with E-state index in [4.69, 9.17) is 0 Å². The average molecular weight is 334 g/mol. The summed E-state index contributed by atoms with van der Waals surface area (Å²) in [7, 11) is 4.82. The first-order valence-corrected chi connectivity index (χ1v) is 11.9. The van der Waals surface area contributed by atoms with E-state index in [2.05, 4.69) is 13.0 Å². The van der Waals surface area contributed by atoms with Crippen LogP contribution in [0.25, 0.3) is 0 Å². The Hall–Kier alpha value is -0.0652. The molecule has 3 heteroatoms. The highest BCUT2D eigenvalue weighted by molar-refractivity contribution is 6.51. The van der Waals surface area contributed by atoms with Gasteiger partial charge in [0, 0.05) is 0 Å². The van der Waals surface area contributed by atoms with Crippen molar-refractivity contribution in [1.82, 2.24) is 0 Å². The van der Waals surface area contributed by atoms with Crippen molar-refractivity contribution in [2.45, 2.75) is 112 Å². The third-order valence-electron chi connectivity index (χ3n) is 9.69. The van der Waals surface area contributed by atoms with Crippen molar-refractivity contribution in [2.24, 2.45) is 11.8 Å². The highest BCUT2D eigenvalue weighted by Crippen LogP contribution is 2.56. The second kappa shape index (κ2) is 7.16. The van der Waals surface area contributed by atoms with Crippen LogP contribution < -0.4 is 0 Å². The standard InChI is InChI=1S/C22H37B3/c1-14-6-7-17(14)23-18-8-9-19(18)24-20-10-11-21(20)25-22-13-15-4-2-3-5-16(22)12-15/h4,14,16-25H,2-3,5-13H2,1H3. The van der Waals surface area contributed by atoms with Crippen LogP contribution in [0.1, 0.15) is 77.6 Å². The molecule has 134 valence electrons. The van der Waals surface area contributed by atoms with Crippen LogP contribution in [0.2, 0.25) is 34.9 Å². The smallest absolute Gasteiger partial charge is 0.0853 e. The molecule has 5 aliphatic carbocycles. The molecule has 0 spiro atoms. The van der Waals surface area contributed by atoms with Crippen molar-refractivity contribution in [1.29, 1.82) is 0 Å². The van der Waals surface area contributed by atoms with Crippen LogP contribution in [0.5, 0.6) is 0 Å². The molecule has 0 amide bonds. The summed E-state index contributed by atoms with van der Waals surface area (Å²) in [6.07, 6.45) is 19.3. The molecule has 8 unspecified atom stereocenters. The fraction of sp³-hybridized carbons (Fsp3) is 0.909. The lowest BCUT2D eigenvalue weighted by Gasteiger charge is -2.47. The van der Waals surface area contributed by atoms with Crippen LogP contribution in [-0.4, -0.2) is 21.8 Å². The van der Waals surface area contributed by atoms with E-state index in [9.17, 15) is 0 Å². The highest BCUT2D eigenvalue weighted by atomic mass is 14.4. The molecule has 0 N–H and O–H groups in total. The van der Waals surface area contributed by atoms with Crippen molar-refractivity contribution in [3.63, 3.8) is 0 Å². The molecule has 5 aliphatic rings. The molecule has 0 aliphatic heterocycles. The Labute approximate surface area is 158 Å². The summed E-state index contributed by atoms with van der Waals surface area (Å²) in [5.41, 5.74) is 1.84. The van der Waals surface area contributed by atoms with Crippen molar-refractivity contribution in [3.8, 4) is 0 Å². The maximum atomic E-state index is 2.61. The Bertz CT molecular complexity index is 515. The van der Waals surface area contributed by atoms with Gasteiger partial charge in [0.25, 0.3) is 0 Å². The molecule has 5 rings (SSSR count). The average Bonchev–Trinajstić information content (AvgIpc) is 2.78. The molecule has 0 aromatic heterocycles.